The summed E-state index contributed by atoms with van der Waals surface area (Å²) in [6.45, 7) is 1.06. The summed E-state index contributed by atoms with van der Waals surface area (Å²) in [5.74, 6) is -1.34. The van der Waals surface area contributed by atoms with E-state index in [1.807, 2.05) is 25.1 Å². The Bertz CT molecular complexity index is 491. The first-order chi connectivity index (χ1) is 9.25. The largest absolute Gasteiger partial charge is 0.419 e. The van der Waals surface area contributed by atoms with Crippen LogP contribution in [-0.4, -0.2) is 32.1 Å². The molecule has 0 fully saturated rings. The maximum atomic E-state index is 13.2. The molecule has 1 unspecified atom stereocenters. The van der Waals surface area contributed by atoms with Crippen LogP contribution in [0.25, 0.3) is 0 Å². The van der Waals surface area contributed by atoms with E-state index >= 15 is 0 Å². The second-order valence-electron chi connectivity index (χ2n) is 4.56. The highest BCUT2D eigenvalue weighted by Gasteiger charge is 2.34. The lowest BCUT2D eigenvalue weighted by molar-refractivity contribution is -0.140. The van der Waals surface area contributed by atoms with E-state index in [0.29, 0.717) is 19.2 Å². The maximum Gasteiger partial charge on any atom is 0.419 e. The second kappa shape index (κ2) is 6.68. The van der Waals surface area contributed by atoms with Gasteiger partial charge in [0.2, 0.25) is 0 Å². The molecule has 0 radical (unpaired) electrons. The van der Waals surface area contributed by atoms with Crippen molar-refractivity contribution < 1.29 is 17.6 Å². The smallest absolute Gasteiger partial charge is 0.308 e. The van der Waals surface area contributed by atoms with Crippen molar-refractivity contribution in [3.63, 3.8) is 0 Å². The van der Waals surface area contributed by atoms with Gasteiger partial charge in [-0.3, -0.25) is 5.32 Å². The number of halogens is 4. The fourth-order valence-corrected chi connectivity index (χ4v) is 1.61. The first kappa shape index (κ1) is 16.4. The molecule has 110 valence electrons. The summed E-state index contributed by atoms with van der Waals surface area (Å²) in [6, 6.07) is 3.55. The number of nitrogens with zero attached hydrogens (tertiary/aromatic N) is 2. The van der Waals surface area contributed by atoms with Crippen LogP contribution in [-0.2, 0) is 6.18 Å². The highest BCUT2D eigenvalue weighted by molar-refractivity contribution is 5.32. The normalized spacial score (nSPS) is 13.3. The molecule has 1 aromatic rings. The number of rotatable bonds is 5. The van der Waals surface area contributed by atoms with Crippen LogP contribution in [0.2, 0.25) is 0 Å². The number of hydrogen-bond donors (Lipinski definition) is 1. The predicted molar refractivity (Wildman–Crippen MR) is 66.3 cm³/mol. The predicted octanol–water partition coefficient (Wildman–Crippen LogP) is 2.56. The van der Waals surface area contributed by atoms with E-state index in [1.165, 1.54) is 6.07 Å². The maximum absolute atomic E-state index is 13.2. The van der Waals surface area contributed by atoms with Crippen molar-refractivity contribution in [2.75, 3.05) is 27.2 Å². The molecular formula is C13H15F4N3. The molecule has 1 aromatic carbocycles. The highest BCUT2D eigenvalue weighted by atomic mass is 19.4. The van der Waals surface area contributed by atoms with Gasteiger partial charge < -0.3 is 4.90 Å². The molecule has 1 N–H and O–H groups in total. The minimum absolute atomic E-state index is 0.0972. The quantitative estimate of drug-likeness (QED) is 0.847. The van der Waals surface area contributed by atoms with Gasteiger partial charge in [0, 0.05) is 13.1 Å². The van der Waals surface area contributed by atoms with E-state index in [2.05, 4.69) is 5.32 Å². The van der Waals surface area contributed by atoms with Gasteiger partial charge in [-0.2, -0.15) is 18.4 Å². The van der Waals surface area contributed by atoms with E-state index in [-0.39, 0.29) is 5.56 Å². The van der Waals surface area contributed by atoms with Gasteiger partial charge in [0.15, 0.2) is 0 Å². The van der Waals surface area contributed by atoms with Crippen LogP contribution >= 0.6 is 0 Å². The Hall–Kier alpha value is -1.65. The van der Waals surface area contributed by atoms with Crippen LogP contribution in [0.1, 0.15) is 17.2 Å². The summed E-state index contributed by atoms with van der Waals surface area (Å²) in [5, 5.41) is 11.8. The molecule has 7 heteroatoms. The molecule has 0 saturated heterocycles. The Morgan fingerprint density at radius 3 is 2.50 bits per heavy atom. The number of alkyl halides is 3. The van der Waals surface area contributed by atoms with Gasteiger partial charge in [-0.1, -0.05) is 6.07 Å². The lowest BCUT2D eigenvalue weighted by Crippen LogP contribution is -2.29. The second-order valence-corrected chi connectivity index (χ2v) is 4.56. The molecule has 20 heavy (non-hydrogen) atoms. The molecule has 0 bridgehead atoms. The Morgan fingerprint density at radius 2 is 2.00 bits per heavy atom. The van der Waals surface area contributed by atoms with E-state index in [4.69, 9.17) is 5.26 Å². The molecule has 0 aliphatic carbocycles. The van der Waals surface area contributed by atoms with E-state index < -0.39 is 23.6 Å². The van der Waals surface area contributed by atoms with Crippen molar-refractivity contribution in [1.82, 2.24) is 10.2 Å². The molecule has 0 aromatic heterocycles. The molecule has 0 spiro atoms. The minimum atomic E-state index is -4.77. The SMILES string of the molecule is CN(C)CCNC(C#N)c1ccc(F)c(C(F)(F)F)c1. The number of nitrogens with one attached hydrogen (secondary N) is 1. The van der Waals surface area contributed by atoms with Crippen LogP contribution < -0.4 is 5.32 Å². The molecule has 0 aliphatic heterocycles. The van der Waals surface area contributed by atoms with Gasteiger partial charge in [-0.25, -0.2) is 4.39 Å². The van der Waals surface area contributed by atoms with Gasteiger partial charge >= 0.3 is 6.18 Å². The molecular weight excluding hydrogens is 274 g/mol. The Balaban J connectivity index is 2.92. The average Bonchev–Trinajstić information content (AvgIpc) is 2.34. The van der Waals surface area contributed by atoms with Crippen molar-refractivity contribution in [2.45, 2.75) is 12.2 Å². The number of benzene rings is 1. The van der Waals surface area contributed by atoms with Crippen molar-refractivity contribution >= 4 is 0 Å². The van der Waals surface area contributed by atoms with Gasteiger partial charge in [0.05, 0.1) is 11.6 Å². The van der Waals surface area contributed by atoms with E-state index in [9.17, 15) is 17.6 Å². The number of hydrogen-bond acceptors (Lipinski definition) is 3. The fourth-order valence-electron chi connectivity index (χ4n) is 1.61. The molecule has 0 saturated carbocycles. The minimum Gasteiger partial charge on any atom is -0.308 e. The van der Waals surface area contributed by atoms with Crippen molar-refractivity contribution in [2.24, 2.45) is 0 Å². The third kappa shape index (κ3) is 4.47. The van der Waals surface area contributed by atoms with Crippen molar-refractivity contribution in [3.8, 4) is 6.07 Å². The highest BCUT2D eigenvalue weighted by Crippen LogP contribution is 2.32. The van der Waals surface area contributed by atoms with Gasteiger partial charge in [-0.15, -0.1) is 0 Å². The van der Waals surface area contributed by atoms with Gasteiger partial charge in [0.25, 0.3) is 0 Å². The molecule has 1 rings (SSSR count). The van der Waals surface area contributed by atoms with Crippen LogP contribution in [0.5, 0.6) is 0 Å². The van der Waals surface area contributed by atoms with Crippen LogP contribution in [0, 0.1) is 17.1 Å². The summed E-state index contributed by atoms with van der Waals surface area (Å²) in [7, 11) is 3.67. The monoisotopic (exact) mass is 289 g/mol. The van der Waals surface area contributed by atoms with Crippen LogP contribution in [0.3, 0.4) is 0 Å². The Morgan fingerprint density at radius 1 is 1.35 bits per heavy atom. The van der Waals surface area contributed by atoms with Gasteiger partial charge in [0.1, 0.15) is 11.9 Å². The van der Waals surface area contributed by atoms with Crippen molar-refractivity contribution in [1.29, 1.82) is 5.26 Å². The van der Waals surface area contributed by atoms with E-state index in [0.717, 1.165) is 6.07 Å². The number of likely N-dealkylation sites (N-methyl/N-ethyl adjacent to an activating group) is 1. The fraction of sp³-hybridized carbons (Fsp3) is 0.462. The summed E-state index contributed by atoms with van der Waals surface area (Å²) in [6.07, 6.45) is -4.77. The third-order valence-electron chi connectivity index (χ3n) is 2.67. The Kier molecular flexibility index (Phi) is 5.48. The topological polar surface area (TPSA) is 39.1 Å². The van der Waals surface area contributed by atoms with Gasteiger partial charge in [-0.05, 0) is 31.8 Å². The lowest BCUT2D eigenvalue weighted by atomic mass is 10.0. The summed E-state index contributed by atoms with van der Waals surface area (Å²) >= 11 is 0. The summed E-state index contributed by atoms with van der Waals surface area (Å²) in [5.41, 5.74) is -1.26. The number of nitriles is 1. The van der Waals surface area contributed by atoms with Crippen LogP contribution in [0.4, 0.5) is 17.6 Å². The molecule has 0 heterocycles. The first-order valence-electron chi connectivity index (χ1n) is 5.90. The Labute approximate surface area is 114 Å². The molecule has 1 atom stereocenters. The van der Waals surface area contributed by atoms with E-state index in [1.54, 1.807) is 0 Å². The molecule has 0 amide bonds. The summed E-state index contributed by atoms with van der Waals surface area (Å²) in [4.78, 5) is 1.87. The van der Waals surface area contributed by atoms with Crippen LogP contribution in [0.15, 0.2) is 18.2 Å². The molecule has 0 aliphatic rings. The average molecular weight is 289 g/mol. The molecule has 3 nitrogen and oxygen atoms in total. The third-order valence-corrected chi connectivity index (χ3v) is 2.67. The zero-order chi connectivity index (χ0) is 15.3. The summed E-state index contributed by atoms with van der Waals surface area (Å²) < 4.78 is 51.0. The zero-order valence-electron chi connectivity index (χ0n) is 11.1. The standard InChI is InChI=1S/C13H15F4N3/c1-20(2)6-5-19-12(8-18)9-3-4-11(14)10(7-9)13(15,16)17/h3-4,7,12,19H,5-6H2,1-2H3. The van der Waals surface area contributed by atoms with Crippen molar-refractivity contribution in [3.05, 3.63) is 35.1 Å². The zero-order valence-corrected chi connectivity index (χ0v) is 11.1. The first-order valence-corrected chi connectivity index (χ1v) is 5.90. The lowest BCUT2D eigenvalue weighted by Gasteiger charge is -2.16.